The van der Waals surface area contributed by atoms with Gasteiger partial charge in [-0.05, 0) is 30.5 Å². The van der Waals surface area contributed by atoms with Gasteiger partial charge in [0, 0.05) is 25.2 Å². The number of nitrogens with one attached hydrogen (secondary N) is 3. The lowest BCUT2D eigenvalue weighted by Gasteiger charge is -2.07. The maximum atomic E-state index is 11.4. The normalized spacial score (nSPS) is 13.8. The Morgan fingerprint density at radius 2 is 1.89 bits per heavy atom. The van der Waals surface area contributed by atoms with Crippen molar-refractivity contribution in [2.75, 3.05) is 7.05 Å². The largest absolute Gasteiger partial charge is 0.355 e. The van der Waals surface area contributed by atoms with Gasteiger partial charge < -0.3 is 16.0 Å². The maximum absolute atomic E-state index is 11.4. The van der Waals surface area contributed by atoms with Gasteiger partial charge in [0.25, 0.3) is 5.91 Å². The Morgan fingerprint density at radius 1 is 1.22 bits per heavy atom. The second-order valence-electron chi connectivity index (χ2n) is 4.38. The van der Waals surface area contributed by atoms with Crippen molar-refractivity contribution in [3.05, 3.63) is 35.4 Å². The summed E-state index contributed by atoms with van der Waals surface area (Å²) < 4.78 is 0. The van der Waals surface area contributed by atoms with Crippen LogP contribution in [0.3, 0.4) is 0 Å². The van der Waals surface area contributed by atoms with Crippen molar-refractivity contribution < 1.29 is 9.59 Å². The van der Waals surface area contributed by atoms with E-state index >= 15 is 0 Å². The van der Waals surface area contributed by atoms with Gasteiger partial charge in [0.2, 0.25) is 0 Å². The van der Waals surface area contributed by atoms with E-state index in [9.17, 15) is 9.59 Å². The van der Waals surface area contributed by atoms with E-state index in [1.807, 2.05) is 12.1 Å². The molecule has 0 saturated heterocycles. The Morgan fingerprint density at radius 3 is 2.44 bits per heavy atom. The van der Waals surface area contributed by atoms with Crippen molar-refractivity contribution in [3.63, 3.8) is 0 Å². The van der Waals surface area contributed by atoms with Crippen LogP contribution < -0.4 is 16.0 Å². The van der Waals surface area contributed by atoms with Gasteiger partial charge in [-0.1, -0.05) is 12.1 Å². The smallest absolute Gasteiger partial charge is 0.315 e. The number of hydrogen-bond donors (Lipinski definition) is 3. The molecule has 1 aromatic carbocycles. The summed E-state index contributed by atoms with van der Waals surface area (Å²) in [6.45, 7) is 0.465. The highest BCUT2D eigenvalue weighted by Gasteiger charge is 2.22. The van der Waals surface area contributed by atoms with Crippen LogP contribution in [0.4, 0.5) is 4.79 Å². The molecule has 5 nitrogen and oxygen atoms in total. The molecular weight excluding hydrogens is 230 g/mol. The molecule has 1 saturated carbocycles. The number of amides is 3. The number of rotatable bonds is 4. The fraction of sp³-hybridized carbons (Fsp3) is 0.385. The molecule has 0 unspecified atom stereocenters. The lowest BCUT2D eigenvalue weighted by Crippen LogP contribution is -2.36. The fourth-order valence-corrected chi connectivity index (χ4v) is 1.56. The van der Waals surface area contributed by atoms with Crippen LogP contribution in [-0.4, -0.2) is 25.0 Å². The summed E-state index contributed by atoms with van der Waals surface area (Å²) in [7, 11) is 1.60. The molecule has 1 aliphatic rings. The fourth-order valence-electron chi connectivity index (χ4n) is 1.56. The van der Waals surface area contributed by atoms with E-state index in [0.29, 0.717) is 18.2 Å². The lowest BCUT2D eigenvalue weighted by molar-refractivity contribution is 0.0963. The van der Waals surface area contributed by atoms with Crippen molar-refractivity contribution in [2.24, 2.45) is 0 Å². The van der Waals surface area contributed by atoms with Crippen LogP contribution in [0.5, 0.6) is 0 Å². The highest BCUT2D eigenvalue weighted by molar-refractivity contribution is 5.93. The minimum atomic E-state index is -0.132. The molecule has 0 bridgehead atoms. The van der Waals surface area contributed by atoms with Crippen LogP contribution >= 0.6 is 0 Å². The van der Waals surface area contributed by atoms with Gasteiger partial charge in [-0.15, -0.1) is 0 Å². The molecule has 0 atom stereocenters. The van der Waals surface area contributed by atoms with Gasteiger partial charge in [0.15, 0.2) is 0 Å². The first-order valence-electron chi connectivity index (χ1n) is 6.04. The van der Waals surface area contributed by atoms with Crippen molar-refractivity contribution in [3.8, 4) is 0 Å². The maximum Gasteiger partial charge on any atom is 0.315 e. The Balaban J connectivity index is 1.81. The molecule has 0 aromatic heterocycles. The van der Waals surface area contributed by atoms with E-state index in [2.05, 4.69) is 16.0 Å². The van der Waals surface area contributed by atoms with E-state index < -0.39 is 0 Å². The third-order valence-electron chi connectivity index (χ3n) is 2.81. The van der Waals surface area contributed by atoms with E-state index in [-0.39, 0.29) is 11.9 Å². The van der Waals surface area contributed by atoms with Gasteiger partial charge in [-0.2, -0.15) is 0 Å². The molecule has 18 heavy (non-hydrogen) atoms. The van der Waals surface area contributed by atoms with Gasteiger partial charge in [0.05, 0.1) is 0 Å². The van der Waals surface area contributed by atoms with Crippen LogP contribution in [0.25, 0.3) is 0 Å². The molecule has 2 rings (SSSR count). The Bertz CT molecular complexity index is 438. The molecule has 96 valence electrons. The topological polar surface area (TPSA) is 70.2 Å². The van der Waals surface area contributed by atoms with Crippen molar-refractivity contribution in [1.29, 1.82) is 0 Å². The number of carbonyl (C=O) groups excluding carboxylic acids is 2. The van der Waals surface area contributed by atoms with Gasteiger partial charge in [-0.3, -0.25) is 4.79 Å². The molecule has 3 amide bonds. The molecule has 0 radical (unpaired) electrons. The van der Waals surface area contributed by atoms with Crippen LogP contribution in [0.2, 0.25) is 0 Å². The monoisotopic (exact) mass is 247 g/mol. The minimum absolute atomic E-state index is 0.110. The second kappa shape index (κ2) is 5.53. The highest BCUT2D eigenvalue weighted by atomic mass is 16.2. The second-order valence-corrected chi connectivity index (χ2v) is 4.38. The quantitative estimate of drug-likeness (QED) is 0.743. The molecule has 0 spiro atoms. The predicted molar refractivity (Wildman–Crippen MR) is 68.2 cm³/mol. The molecule has 1 aliphatic carbocycles. The van der Waals surface area contributed by atoms with Gasteiger partial charge >= 0.3 is 6.03 Å². The van der Waals surface area contributed by atoms with E-state index in [0.717, 1.165) is 18.4 Å². The third-order valence-corrected chi connectivity index (χ3v) is 2.81. The Hall–Kier alpha value is -2.04. The van der Waals surface area contributed by atoms with Crippen LogP contribution in [0.15, 0.2) is 24.3 Å². The van der Waals surface area contributed by atoms with Gasteiger partial charge in [-0.25, -0.2) is 4.79 Å². The SMILES string of the molecule is CNC(=O)c1ccc(CNC(=O)NC2CC2)cc1. The molecule has 0 aliphatic heterocycles. The average Bonchev–Trinajstić information content (AvgIpc) is 3.20. The first kappa shape index (κ1) is 12.4. The van der Waals surface area contributed by atoms with Gasteiger partial charge in [0.1, 0.15) is 0 Å². The lowest BCUT2D eigenvalue weighted by atomic mass is 10.1. The molecular formula is C13H17N3O2. The molecule has 0 heterocycles. The summed E-state index contributed by atoms with van der Waals surface area (Å²) in [6.07, 6.45) is 2.16. The third kappa shape index (κ3) is 3.48. The number of hydrogen-bond acceptors (Lipinski definition) is 2. The number of urea groups is 1. The minimum Gasteiger partial charge on any atom is -0.355 e. The van der Waals surface area contributed by atoms with E-state index in [1.165, 1.54) is 0 Å². The zero-order valence-corrected chi connectivity index (χ0v) is 10.3. The van der Waals surface area contributed by atoms with Crippen LogP contribution in [-0.2, 0) is 6.54 Å². The molecule has 3 N–H and O–H groups in total. The zero-order valence-electron chi connectivity index (χ0n) is 10.3. The molecule has 5 heteroatoms. The van der Waals surface area contributed by atoms with Crippen LogP contribution in [0.1, 0.15) is 28.8 Å². The molecule has 1 fully saturated rings. The predicted octanol–water partition coefficient (Wildman–Crippen LogP) is 1.01. The molecule has 1 aromatic rings. The Kier molecular flexibility index (Phi) is 3.82. The summed E-state index contributed by atoms with van der Waals surface area (Å²) in [6, 6.07) is 7.39. The van der Waals surface area contributed by atoms with Crippen molar-refractivity contribution in [1.82, 2.24) is 16.0 Å². The van der Waals surface area contributed by atoms with E-state index in [4.69, 9.17) is 0 Å². The Labute approximate surface area is 106 Å². The zero-order chi connectivity index (χ0) is 13.0. The van der Waals surface area contributed by atoms with Crippen molar-refractivity contribution in [2.45, 2.75) is 25.4 Å². The number of carbonyl (C=O) groups is 2. The van der Waals surface area contributed by atoms with Crippen LogP contribution in [0, 0.1) is 0 Å². The highest BCUT2D eigenvalue weighted by Crippen LogP contribution is 2.18. The summed E-state index contributed by atoms with van der Waals surface area (Å²) in [4.78, 5) is 22.7. The first-order chi connectivity index (χ1) is 8.69. The summed E-state index contributed by atoms with van der Waals surface area (Å²) in [5.41, 5.74) is 1.58. The van der Waals surface area contributed by atoms with Crippen molar-refractivity contribution >= 4 is 11.9 Å². The standard InChI is InChI=1S/C13H17N3O2/c1-14-12(17)10-4-2-9(3-5-10)8-15-13(18)16-11-6-7-11/h2-5,11H,6-8H2,1H3,(H,14,17)(H2,15,16,18). The summed E-state index contributed by atoms with van der Waals surface area (Å²) >= 11 is 0. The average molecular weight is 247 g/mol. The van der Waals surface area contributed by atoms with E-state index in [1.54, 1.807) is 19.2 Å². The summed E-state index contributed by atoms with van der Waals surface area (Å²) in [5, 5.41) is 8.19. The summed E-state index contributed by atoms with van der Waals surface area (Å²) in [5.74, 6) is -0.110. The first-order valence-corrected chi connectivity index (χ1v) is 6.04. The number of benzene rings is 1.